The first-order chi connectivity index (χ1) is 35.8. The maximum absolute atomic E-state index is 6.44. The summed E-state index contributed by atoms with van der Waals surface area (Å²) in [5.41, 5.74) is 27.9. The molecular weight excluding hydrogens is 910 g/mol. The van der Waals surface area contributed by atoms with Gasteiger partial charge in [-0.15, -0.1) is 0 Å². The third-order valence-electron chi connectivity index (χ3n) is 16.6. The van der Waals surface area contributed by atoms with Gasteiger partial charge in [0.05, 0.1) is 22.4 Å². The second-order valence-electron chi connectivity index (χ2n) is 24.9. The molecule has 0 saturated carbocycles. The van der Waals surface area contributed by atoms with Gasteiger partial charge < -0.3 is 18.8 Å². The second-order valence-corrected chi connectivity index (χ2v) is 24.9. The Balaban J connectivity index is 1.15. The van der Waals surface area contributed by atoms with E-state index < -0.39 is 0 Å². The van der Waals surface area contributed by atoms with Gasteiger partial charge in [-0.25, -0.2) is 0 Å². The maximum atomic E-state index is 6.44. The van der Waals surface area contributed by atoms with E-state index in [2.05, 4.69) is 268 Å². The summed E-state index contributed by atoms with van der Waals surface area (Å²) >= 11 is 0. The van der Waals surface area contributed by atoms with Gasteiger partial charge in [0.1, 0.15) is 11.2 Å². The van der Waals surface area contributed by atoms with Crippen molar-refractivity contribution in [2.45, 2.75) is 106 Å². The lowest BCUT2D eigenvalue weighted by molar-refractivity contribution is 0.589. The third kappa shape index (κ3) is 7.17. The predicted molar refractivity (Wildman–Crippen MR) is 323 cm³/mol. The van der Waals surface area contributed by atoms with Crippen molar-refractivity contribution in [3.8, 4) is 16.8 Å². The molecule has 11 aromatic rings. The van der Waals surface area contributed by atoms with Crippen LogP contribution in [0.25, 0.3) is 60.6 Å². The minimum absolute atomic E-state index is 0.00668. The summed E-state index contributed by atoms with van der Waals surface area (Å²) in [4.78, 5) is 5.34. The molecule has 0 saturated heterocycles. The smallest absolute Gasteiger partial charge is 0.252 e. The van der Waals surface area contributed by atoms with E-state index in [0.717, 1.165) is 27.6 Å². The zero-order valence-corrected chi connectivity index (χ0v) is 45.9. The van der Waals surface area contributed by atoms with Crippen molar-refractivity contribution < 1.29 is 4.42 Å². The average molecular weight is 976 g/mol. The van der Waals surface area contributed by atoms with Gasteiger partial charge in [0, 0.05) is 50.0 Å². The number of rotatable bonds is 4. The Hall–Kier alpha value is -7.76. The molecule has 9 aromatic carbocycles. The number of hydrogen-bond acceptors (Lipinski definition) is 3. The molecule has 0 amide bonds. The van der Waals surface area contributed by atoms with Crippen molar-refractivity contribution in [1.29, 1.82) is 0 Å². The molecule has 5 heteroatoms. The van der Waals surface area contributed by atoms with Gasteiger partial charge in [0.2, 0.25) is 0 Å². The number of benzene rings is 9. The molecule has 0 bridgehead atoms. The Labute approximate surface area is 443 Å². The highest BCUT2D eigenvalue weighted by atomic mass is 16.3. The van der Waals surface area contributed by atoms with Crippen molar-refractivity contribution in [3.63, 3.8) is 0 Å². The SMILES string of the molecule is Cc1cc(-c2cccc3oc4ccccc4c23)cc(C)c1N1c2cc(C(C)(C)C)ccc2B2c3cc4c5ccccc5n(-c5ccccc5)c4cc3N(c3c(C)cc(C(C)(C)C)cc3C)c3cc(C(C)(C)C)cc1c32. The number of nitrogens with zero attached hydrogens (tertiary/aromatic N) is 3. The quantitative estimate of drug-likeness (QED) is 0.164. The molecule has 0 fully saturated rings. The zero-order chi connectivity index (χ0) is 52.2. The zero-order valence-electron chi connectivity index (χ0n) is 45.9. The van der Waals surface area contributed by atoms with E-state index in [0.29, 0.717) is 0 Å². The van der Waals surface area contributed by atoms with Crippen LogP contribution in [0.2, 0.25) is 0 Å². The van der Waals surface area contributed by atoms with Gasteiger partial charge >= 0.3 is 0 Å². The molecule has 0 radical (unpaired) electrons. The molecule has 0 unspecified atom stereocenters. The van der Waals surface area contributed by atoms with Crippen LogP contribution >= 0.6 is 0 Å². The van der Waals surface area contributed by atoms with Crippen LogP contribution in [0.1, 0.15) is 101 Å². The van der Waals surface area contributed by atoms with Crippen LogP contribution in [0.3, 0.4) is 0 Å². The molecule has 13 rings (SSSR count). The van der Waals surface area contributed by atoms with E-state index in [1.54, 1.807) is 0 Å². The highest BCUT2D eigenvalue weighted by molar-refractivity contribution is 7.00. The van der Waals surface area contributed by atoms with Crippen LogP contribution in [-0.2, 0) is 16.2 Å². The highest BCUT2D eigenvalue weighted by Crippen LogP contribution is 2.51. The van der Waals surface area contributed by atoms with E-state index in [1.165, 1.54) is 122 Å². The van der Waals surface area contributed by atoms with Gasteiger partial charge in [-0.1, -0.05) is 159 Å². The molecule has 2 aromatic heterocycles. The molecule has 0 N–H and O–H groups in total. The first-order valence-electron chi connectivity index (χ1n) is 27.0. The molecule has 370 valence electrons. The molecule has 2 aliphatic rings. The Morgan fingerprint density at radius 2 is 0.933 bits per heavy atom. The van der Waals surface area contributed by atoms with E-state index in [9.17, 15) is 0 Å². The van der Waals surface area contributed by atoms with Gasteiger partial charge in [0.15, 0.2) is 0 Å². The molecule has 4 nitrogen and oxygen atoms in total. The van der Waals surface area contributed by atoms with Gasteiger partial charge in [0.25, 0.3) is 6.71 Å². The van der Waals surface area contributed by atoms with Crippen LogP contribution in [0.4, 0.5) is 34.1 Å². The van der Waals surface area contributed by atoms with E-state index in [1.807, 2.05) is 0 Å². The van der Waals surface area contributed by atoms with Crippen molar-refractivity contribution in [1.82, 2.24) is 4.57 Å². The van der Waals surface area contributed by atoms with Crippen LogP contribution in [0.5, 0.6) is 0 Å². The lowest BCUT2D eigenvalue weighted by Gasteiger charge is -2.46. The van der Waals surface area contributed by atoms with E-state index in [-0.39, 0.29) is 23.0 Å². The molecule has 2 aliphatic heterocycles. The standard InChI is InChI=1S/C70H66BN3O/c1-41-32-45(50-26-21-29-63-64(50)52-25-18-20-28-62(52)75-63)33-42(2)66(41)73-58-36-46(68(5,6)7)30-31-54(58)71-55-39-53-51-24-17-19-27-56(51)72(49-22-15-14-16-23-49)57(53)40-59(55)74(61-38-48(70(11,12)13)37-60(73)65(61)71)67-43(3)34-47(35-44(67)4)69(8,9)10/h14-40H,1-13H3. The molecule has 0 atom stereocenters. The minimum Gasteiger partial charge on any atom is -0.456 e. The first kappa shape index (κ1) is 47.0. The monoisotopic (exact) mass is 976 g/mol. The Morgan fingerprint density at radius 1 is 0.400 bits per heavy atom. The second kappa shape index (κ2) is 16.4. The summed E-state index contributed by atoms with van der Waals surface area (Å²) < 4.78 is 8.92. The number of furan rings is 1. The number of aryl methyl sites for hydroxylation is 4. The largest absolute Gasteiger partial charge is 0.456 e. The van der Waals surface area contributed by atoms with E-state index in [4.69, 9.17) is 4.42 Å². The van der Waals surface area contributed by atoms with Crippen molar-refractivity contribution in [3.05, 3.63) is 203 Å². The number of para-hydroxylation sites is 3. The van der Waals surface area contributed by atoms with Crippen molar-refractivity contribution in [2.24, 2.45) is 0 Å². The summed E-state index contributed by atoms with van der Waals surface area (Å²) in [7, 11) is 0. The fraction of sp³-hybridized carbons (Fsp3) is 0.229. The molecular formula is C70H66BN3O. The van der Waals surface area contributed by atoms with Gasteiger partial charge in [-0.05, 0) is 177 Å². The molecule has 0 aliphatic carbocycles. The minimum atomic E-state index is -0.171. The summed E-state index contributed by atoms with van der Waals surface area (Å²) in [6, 6.07) is 62.2. The number of aromatic nitrogens is 1. The Bertz CT molecular complexity index is 4140. The summed E-state index contributed by atoms with van der Waals surface area (Å²) in [5, 5.41) is 4.82. The maximum Gasteiger partial charge on any atom is 0.252 e. The fourth-order valence-corrected chi connectivity index (χ4v) is 12.9. The number of fused-ring (bicyclic) bond motifs is 10. The van der Waals surface area contributed by atoms with Gasteiger partial charge in [-0.3, -0.25) is 0 Å². The first-order valence-corrected chi connectivity index (χ1v) is 27.0. The topological polar surface area (TPSA) is 24.6 Å². The fourth-order valence-electron chi connectivity index (χ4n) is 12.9. The predicted octanol–water partition coefficient (Wildman–Crippen LogP) is 17.6. The van der Waals surface area contributed by atoms with Crippen molar-refractivity contribution >= 4 is 101 Å². The lowest BCUT2D eigenvalue weighted by atomic mass is 9.33. The van der Waals surface area contributed by atoms with Crippen LogP contribution in [-0.4, -0.2) is 11.3 Å². The Kier molecular flexibility index (Phi) is 10.3. The summed E-state index contributed by atoms with van der Waals surface area (Å²) in [6.07, 6.45) is 0. The lowest BCUT2D eigenvalue weighted by Crippen LogP contribution is -2.61. The molecule has 4 heterocycles. The normalized spacial score (nSPS) is 13.6. The Morgan fingerprint density at radius 3 is 1.57 bits per heavy atom. The summed E-state index contributed by atoms with van der Waals surface area (Å²) in [6.45, 7) is 30.4. The van der Waals surface area contributed by atoms with E-state index >= 15 is 0 Å². The third-order valence-corrected chi connectivity index (χ3v) is 16.6. The molecule has 75 heavy (non-hydrogen) atoms. The van der Waals surface area contributed by atoms with Crippen LogP contribution < -0.4 is 26.2 Å². The number of anilines is 6. The van der Waals surface area contributed by atoms with Crippen LogP contribution in [0, 0.1) is 27.7 Å². The summed E-state index contributed by atoms with van der Waals surface area (Å²) in [5.74, 6) is 0. The van der Waals surface area contributed by atoms with Crippen LogP contribution in [0.15, 0.2) is 168 Å². The number of hydrogen-bond donors (Lipinski definition) is 0. The van der Waals surface area contributed by atoms with Gasteiger partial charge in [-0.2, -0.15) is 0 Å². The molecule has 0 spiro atoms. The average Bonchev–Trinajstić information content (AvgIpc) is 3.91. The highest BCUT2D eigenvalue weighted by Gasteiger charge is 2.46. The van der Waals surface area contributed by atoms with Crippen molar-refractivity contribution in [2.75, 3.05) is 9.80 Å².